The number of carbonyl (C=O) groups excluding carboxylic acids is 1. The van der Waals surface area contributed by atoms with Crippen molar-refractivity contribution in [3.63, 3.8) is 0 Å². The van der Waals surface area contributed by atoms with Crippen LogP contribution >= 0.6 is 0 Å². The summed E-state index contributed by atoms with van der Waals surface area (Å²) < 4.78 is 14.8. The molecule has 2 N–H and O–H groups in total. The highest BCUT2D eigenvalue weighted by Gasteiger charge is 2.39. The van der Waals surface area contributed by atoms with Crippen LogP contribution in [0.3, 0.4) is 0 Å². The number of nitrogens with zero attached hydrogens (tertiary/aromatic N) is 1. The first-order valence-electron chi connectivity index (χ1n) is 7.42. The van der Waals surface area contributed by atoms with E-state index in [-0.39, 0.29) is 19.2 Å². The Morgan fingerprint density at radius 2 is 2.17 bits per heavy atom. The third kappa shape index (κ3) is 4.85. The van der Waals surface area contributed by atoms with Gasteiger partial charge in [0, 0.05) is 4.92 Å². The number of benzene rings is 1. The summed E-state index contributed by atoms with van der Waals surface area (Å²) in [6.07, 6.45) is 0.798. The van der Waals surface area contributed by atoms with Gasteiger partial charge in [0.15, 0.2) is 0 Å². The molecule has 24 heavy (non-hydrogen) atoms. The molecule has 0 aromatic heterocycles. The van der Waals surface area contributed by atoms with E-state index in [4.69, 9.17) is 14.2 Å². The van der Waals surface area contributed by atoms with Crippen LogP contribution in [0.15, 0.2) is 42.4 Å². The first-order chi connectivity index (χ1) is 11.6. The summed E-state index contributed by atoms with van der Waals surface area (Å²) in [4.78, 5) is 22.5. The number of nitrogens with one attached hydrogen (secondary N) is 2. The fraction of sp³-hybridized carbons (Fsp3) is 0.400. The Kier molecular flexibility index (Phi) is 6.38. The van der Waals surface area contributed by atoms with Crippen LogP contribution in [0.25, 0.3) is 0 Å². The molecule has 0 saturated heterocycles. The van der Waals surface area contributed by atoms with Crippen molar-refractivity contribution < 1.29 is 23.9 Å². The molecule has 2 atom stereocenters. The van der Waals surface area contributed by atoms with Crippen LogP contribution < -0.4 is 10.9 Å². The molecule has 130 valence electrons. The van der Waals surface area contributed by atoms with Crippen LogP contribution in [0, 0.1) is 10.1 Å². The summed E-state index contributed by atoms with van der Waals surface area (Å²) >= 11 is 0. The van der Waals surface area contributed by atoms with Crippen molar-refractivity contribution in [1.29, 1.82) is 0 Å². The van der Waals surface area contributed by atoms with Crippen LogP contribution in [0.4, 0.5) is 4.79 Å². The van der Waals surface area contributed by atoms with Gasteiger partial charge in [-0.15, -0.1) is 0 Å². The van der Waals surface area contributed by atoms with Gasteiger partial charge in [-0.2, -0.15) is 0 Å². The zero-order chi connectivity index (χ0) is 17.4. The zero-order valence-electron chi connectivity index (χ0n) is 13.1. The van der Waals surface area contributed by atoms with E-state index in [9.17, 15) is 14.9 Å². The SMILES string of the molecule is CCOC(=O)NNC(Cc1ccccc1)C(C1=COCO1)[N+](=O)[O-]. The number of nitro groups is 1. The van der Waals surface area contributed by atoms with Crippen molar-refractivity contribution in [2.24, 2.45) is 0 Å². The van der Waals surface area contributed by atoms with Crippen LogP contribution in [-0.2, 0) is 20.6 Å². The molecule has 0 aliphatic carbocycles. The molecular weight excluding hydrogens is 318 g/mol. The Bertz CT molecular complexity index is 592. The van der Waals surface area contributed by atoms with E-state index in [0.29, 0.717) is 6.42 Å². The number of rotatable bonds is 8. The zero-order valence-corrected chi connectivity index (χ0v) is 13.1. The third-order valence-electron chi connectivity index (χ3n) is 3.33. The van der Waals surface area contributed by atoms with E-state index in [2.05, 4.69) is 10.9 Å². The number of ether oxygens (including phenoxy) is 3. The lowest BCUT2D eigenvalue weighted by atomic mass is 9.99. The minimum absolute atomic E-state index is 0.0664. The molecule has 0 bridgehead atoms. The average Bonchev–Trinajstić information content (AvgIpc) is 3.07. The van der Waals surface area contributed by atoms with Gasteiger partial charge in [0.1, 0.15) is 12.3 Å². The average molecular weight is 337 g/mol. The molecule has 9 heteroatoms. The number of carbonyl (C=O) groups is 1. The van der Waals surface area contributed by atoms with Gasteiger partial charge in [0.25, 0.3) is 6.04 Å². The van der Waals surface area contributed by atoms with Gasteiger partial charge in [-0.25, -0.2) is 10.2 Å². The Labute approximate surface area is 138 Å². The second kappa shape index (κ2) is 8.73. The van der Waals surface area contributed by atoms with Gasteiger partial charge in [0.2, 0.25) is 12.6 Å². The molecule has 9 nitrogen and oxygen atoms in total. The van der Waals surface area contributed by atoms with Crippen LogP contribution in [0.5, 0.6) is 0 Å². The summed E-state index contributed by atoms with van der Waals surface area (Å²) in [5, 5.41) is 11.5. The molecule has 1 aromatic rings. The Balaban J connectivity index is 2.15. The molecule has 1 aliphatic heterocycles. The van der Waals surface area contributed by atoms with Crippen LogP contribution in [0.1, 0.15) is 12.5 Å². The smallest absolute Gasteiger partial charge is 0.421 e. The van der Waals surface area contributed by atoms with Crippen molar-refractivity contribution in [1.82, 2.24) is 10.9 Å². The maximum Gasteiger partial charge on any atom is 0.421 e. The van der Waals surface area contributed by atoms with E-state index in [0.717, 1.165) is 5.56 Å². The standard InChI is InChI=1S/C15H19N3O6/c1-2-23-15(19)17-16-12(8-11-6-4-3-5-7-11)14(18(20)21)13-9-22-10-24-13/h3-7,9,12,14,16H,2,8,10H2,1H3,(H,17,19). The first-order valence-corrected chi connectivity index (χ1v) is 7.42. The molecule has 0 radical (unpaired) electrons. The van der Waals surface area contributed by atoms with Crippen molar-refractivity contribution in [3.8, 4) is 0 Å². The molecule has 1 amide bonds. The molecule has 1 heterocycles. The largest absolute Gasteiger partial charge is 0.461 e. The minimum atomic E-state index is -1.23. The lowest BCUT2D eigenvalue weighted by Crippen LogP contribution is -2.54. The predicted molar refractivity (Wildman–Crippen MR) is 83.1 cm³/mol. The summed E-state index contributed by atoms with van der Waals surface area (Å²) in [6, 6.07) is 7.22. The number of amides is 1. The molecule has 2 rings (SSSR count). The van der Waals surface area contributed by atoms with E-state index < -0.39 is 23.1 Å². The van der Waals surface area contributed by atoms with Crippen LogP contribution in [0.2, 0.25) is 0 Å². The monoisotopic (exact) mass is 337 g/mol. The van der Waals surface area contributed by atoms with E-state index in [1.54, 1.807) is 6.92 Å². The van der Waals surface area contributed by atoms with Gasteiger partial charge in [-0.05, 0) is 18.9 Å². The number of hydrogen-bond acceptors (Lipinski definition) is 7. The lowest BCUT2D eigenvalue weighted by Gasteiger charge is -2.22. The maximum atomic E-state index is 11.5. The molecule has 1 aliphatic rings. The highest BCUT2D eigenvalue weighted by Crippen LogP contribution is 2.19. The second-order valence-corrected chi connectivity index (χ2v) is 4.97. The highest BCUT2D eigenvalue weighted by atomic mass is 16.7. The topological polar surface area (TPSA) is 112 Å². The summed E-state index contributed by atoms with van der Waals surface area (Å²) in [6.45, 7) is 1.79. The van der Waals surface area contributed by atoms with Gasteiger partial charge in [0.05, 0.1) is 6.61 Å². The van der Waals surface area contributed by atoms with Gasteiger partial charge in [-0.1, -0.05) is 30.3 Å². The van der Waals surface area contributed by atoms with E-state index in [1.807, 2.05) is 30.3 Å². The maximum absolute atomic E-state index is 11.5. The second-order valence-electron chi connectivity index (χ2n) is 4.97. The molecule has 0 fully saturated rings. The van der Waals surface area contributed by atoms with Gasteiger partial charge >= 0.3 is 6.09 Å². The normalized spacial score (nSPS) is 15.5. The number of hydrogen-bond donors (Lipinski definition) is 2. The van der Waals surface area contributed by atoms with Crippen molar-refractivity contribution >= 4 is 6.09 Å². The fourth-order valence-corrected chi connectivity index (χ4v) is 2.28. The molecule has 1 aromatic carbocycles. The summed E-state index contributed by atoms with van der Waals surface area (Å²) in [5.41, 5.74) is 5.86. The molecule has 0 saturated carbocycles. The first kappa shape index (κ1) is 17.5. The highest BCUT2D eigenvalue weighted by molar-refractivity contribution is 5.66. The van der Waals surface area contributed by atoms with Crippen molar-refractivity contribution in [2.45, 2.75) is 25.4 Å². The van der Waals surface area contributed by atoms with Crippen molar-refractivity contribution in [3.05, 3.63) is 58.0 Å². The Morgan fingerprint density at radius 1 is 1.42 bits per heavy atom. The molecular formula is C15H19N3O6. The van der Waals surface area contributed by atoms with Gasteiger partial charge in [-0.3, -0.25) is 15.5 Å². The molecule has 0 spiro atoms. The fourth-order valence-electron chi connectivity index (χ4n) is 2.28. The Hall–Kier alpha value is -2.81. The molecule has 2 unspecified atom stereocenters. The van der Waals surface area contributed by atoms with E-state index >= 15 is 0 Å². The Morgan fingerprint density at radius 3 is 2.75 bits per heavy atom. The minimum Gasteiger partial charge on any atom is -0.461 e. The number of hydrazine groups is 1. The van der Waals surface area contributed by atoms with Crippen molar-refractivity contribution in [2.75, 3.05) is 13.4 Å². The summed E-state index contributed by atoms with van der Waals surface area (Å²) in [5.74, 6) is 0.0964. The van der Waals surface area contributed by atoms with Crippen LogP contribution in [-0.4, -0.2) is 36.5 Å². The van der Waals surface area contributed by atoms with Gasteiger partial charge < -0.3 is 14.2 Å². The summed E-state index contributed by atoms with van der Waals surface area (Å²) in [7, 11) is 0. The predicted octanol–water partition coefficient (Wildman–Crippen LogP) is 1.34. The third-order valence-corrected chi connectivity index (χ3v) is 3.33. The lowest BCUT2D eigenvalue weighted by molar-refractivity contribution is -0.521. The quantitative estimate of drug-likeness (QED) is 0.544. The van der Waals surface area contributed by atoms with E-state index in [1.165, 1.54) is 6.26 Å².